The van der Waals surface area contributed by atoms with Gasteiger partial charge in [0.05, 0.1) is 24.3 Å². The molecule has 1 unspecified atom stereocenters. The number of carbonyl (C=O) groups excluding carboxylic acids is 2. The molecule has 2 amide bonds. The van der Waals surface area contributed by atoms with Crippen LogP contribution in [0.3, 0.4) is 0 Å². The molecule has 0 saturated carbocycles. The summed E-state index contributed by atoms with van der Waals surface area (Å²) in [4.78, 5) is 33.1. The van der Waals surface area contributed by atoms with Crippen LogP contribution in [0.2, 0.25) is 0 Å². The van der Waals surface area contributed by atoms with E-state index in [2.05, 4.69) is 15.6 Å². The van der Waals surface area contributed by atoms with Crippen molar-refractivity contribution in [3.05, 3.63) is 102 Å². The van der Waals surface area contributed by atoms with Crippen molar-refractivity contribution in [2.24, 2.45) is 4.99 Å². The van der Waals surface area contributed by atoms with Gasteiger partial charge in [0.2, 0.25) is 5.91 Å². The van der Waals surface area contributed by atoms with Gasteiger partial charge in [0.15, 0.2) is 0 Å². The summed E-state index contributed by atoms with van der Waals surface area (Å²) in [7, 11) is 0. The van der Waals surface area contributed by atoms with Gasteiger partial charge in [-0.05, 0) is 47.0 Å². The van der Waals surface area contributed by atoms with Crippen LogP contribution in [0.1, 0.15) is 17.5 Å². The van der Waals surface area contributed by atoms with E-state index < -0.39 is 23.2 Å². The Hall–Kier alpha value is -4.54. The summed E-state index contributed by atoms with van der Waals surface area (Å²) in [5.41, 5.74) is 3.70. The van der Waals surface area contributed by atoms with E-state index in [1.165, 1.54) is 0 Å². The van der Waals surface area contributed by atoms with Crippen molar-refractivity contribution in [3.8, 4) is 0 Å². The summed E-state index contributed by atoms with van der Waals surface area (Å²) in [6.45, 7) is 2.02. The minimum atomic E-state index is -2.59. The van der Waals surface area contributed by atoms with Crippen molar-refractivity contribution < 1.29 is 18.4 Å². The van der Waals surface area contributed by atoms with Crippen LogP contribution in [0.25, 0.3) is 10.8 Å². The molecule has 0 aromatic heterocycles. The van der Waals surface area contributed by atoms with Crippen molar-refractivity contribution in [3.63, 3.8) is 0 Å². The maximum atomic E-state index is 13.7. The molecule has 0 fully saturated rings. The lowest BCUT2D eigenvalue weighted by molar-refractivity contribution is -0.125. The second kappa shape index (κ2) is 11.5. The molecule has 208 valence electrons. The normalized spacial score (nSPS) is 17.1. The first-order valence-electron chi connectivity index (χ1n) is 13.5. The number of hydrogen-bond donors (Lipinski definition) is 3. The van der Waals surface area contributed by atoms with E-state index in [9.17, 15) is 18.4 Å². The number of fused-ring (bicyclic) bond motifs is 2. The summed E-state index contributed by atoms with van der Waals surface area (Å²) in [5.74, 6) is -0.0393. The van der Waals surface area contributed by atoms with E-state index in [-0.39, 0.29) is 12.3 Å². The smallest absolute Gasteiger partial charge is 0.269 e. The van der Waals surface area contributed by atoms with E-state index in [1.807, 2.05) is 66.7 Å². The number of para-hydroxylation sites is 2. The summed E-state index contributed by atoms with van der Waals surface area (Å²) < 4.78 is 23.2. The van der Waals surface area contributed by atoms with E-state index in [4.69, 9.17) is 0 Å². The maximum Gasteiger partial charge on any atom is 0.269 e. The molecule has 0 saturated heterocycles. The molecular weight excluding hydrogens is 538 g/mol. The molecule has 41 heavy (non-hydrogen) atoms. The van der Waals surface area contributed by atoms with Gasteiger partial charge in [0, 0.05) is 24.3 Å². The van der Waals surface area contributed by atoms with Gasteiger partial charge in [-0.25, -0.2) is 8.51 Å². The van der Waals surface area contributed by atoms with Crippen LogP contribution in [-0.4, -0.2) is 52.1 Å². The van der Waals surface area contributed by atoms with E-state index in [1.54, 1.807) is 29.2 Å². The van der Waals surface area contributed by atoms with Gasteiger partial charge in [-0.2, -0.15) is 0 Å². The Kier molecular flexibility index (Phi) is 7.49. The zero-order valence-corrected chi connectivity index (χ0v) is 23.0. The number of amides is 2. The monoisotopic (exact) mass is 567 g/mol. The Labute approximate surface area is 240 Å². The number of nitrogens with one attached hydrogen (secondary N) is 2. The second-order valence-electron chi connectivity index (χ2n) is 9.93. The molecule has 2 aliphatic rings. The summed E-state index contributed by atoms with van der Waals surface area (Å²) in [6.07, 6.45) is 0.437. The van der Waals surface area contributed by atoms with Crippen LogP contribution in [0.5, 0.6) is 0 Å². The van der Waals surface area contributed by atoms with Crippen LogP contribution in [0.15, 0.2) is 96.0 Å². The third-order valence-electron chi connectivity index (χ3n) is 7.34. The molecule has 4 aromatic carbocycles. The molecule has 2 heterocycles. The molecular formula is C31H29N5O4S. The fraction of sp³-hybridized carbons (Fsp3) is 0.194. The average molecular weight is 568 g/mol. The molecule has 0 radical (unpaired) electrons. The minimum Gasteiger partial charge on any atom is -0.368 e. The van der Waals surface area contributed by atoms with Crippen molar-refractivity contribution in [1.82, 2.24) is 10.6 Å². The Morgan fingerprint density at radius 2 is 1.71 bits per heavy atom. The predicted molar refractivity (Wildman–Crippen MR) is 162 cm³/mol. The standard InChI is InChI=1S/C31H29N5O4S/c37-29(32-16-15-21-9-11-23(12-10-21)30-33-17-18-34-30)20-28-31(38)36(41(39)40)27-8-4-3-7-26(27)35(28)25-14-13-22-5-1-2-6-24(22)19-25/h1-14,19,28H,15-18,20H2,(H,32,37)(H,33,34)(H,39,40)/t28-/m1/s1. The molecule has 9 nitrogen and oxygen atoms in total. The highest BCUT2D eigenvalue weighted by atomic mass is 32.2. The Balaban J connectivity index is 1.22. The van der Waals surface area contributed by atoms with E-state index in [0.29, 0.717) is 30.0 Å². The van der Waals surface area contributed by atoms with Crippen LogP contribution >= 0.6 is 0 Å². The van der Waals surface area contributed by atoms with Crippen LogP contribution < -0.4 is 19.8 Å². The van der Waals surface area contributed by atoms with Crippen molar-refractivity contribution in [2.75, 3.05) is 28.8 Å². The topological polar surface area (TPSA) is 114 Å². The summed E-state index contributed by atoms with van der Waals surface area (Å²) in [5, 5.41) is 8.21. The quantitative estimate of drug-likeness (QED) is 0.278. The lowest BCUT2D eigenvalue weighted by atomic mass is 10.0. The Bertz CT molecular complexity index is 1670. The number of rotatable bonds is 8. The number of nitrogens with zero attached hydrogens (tertiary/aromatic N) is 3. The van der Waals surface area contributed by atoms with E-state index in [0.717, 1.165) is 45.1 Å². The lowest BCUT2D eigenvalue weighted by Crippen LogP contribution is -2.53. The minimum absolute atomic E-state index is 0.182. The molecule has 0 bridgehead atoms. The second-order valence-corrected chi connectivity index (χ2v) is 10.8. The fourth-order valence-electron chi connectivity index (χ4n) is 5.37. The summed E-state index contributed by atoms with van der Waals surface area (Å²) in [6, 6.07) is 27.7. The number of amidine groups is 1. The number of anilines is 3. The van der Waals surface area contributed by atoms with Crippen molar-refractivity contribution >= 4 is 56.8 Å². The first kappa shape index (κ1) is 26.7. The van der Waals surface area contributed by atoms with Crippen LogP contribution in [-0.2, 0) is 27.3 Å². The molecule has 10 heteroatoms. The lowest BCUT2D eigenvalue weighted by Gasteiger charge is -2.41. The Morgan fingerprint density at radius 1 is 0.976 bits per heavy atom. The molecule has 0 aliphatic carbocycles. The predicted octanol–water partition coefficient (Wildman–Crippen LogP) is 3.93. The highest BCUT2D eigenvalue weighted by Crippen LogP contribution is 2.42. The fourth-order valence-corrected chi connectivity index (χ4v) is 5.97. The van der Waals surface area contributed by atoms with Gasteiger partial charge in [-0.3, -0.25) is 19.1 Å². The first-order chi connectivity index (χ1) is 20.0. The molecule has 4 aromatic rings. The van der Waals surface area contributed by atoms with Gasteiger partial charge in [-0.1, -0.05) is 66.7 Å². The SMILES string of the molecule is O=C(C[C@@H]1C(=O)N(S(=O)O)c2ccccc2N1c1ccc2ccccc2c1)NCCc1ccc(C2=NCCN2)cc1. The average Bonchev–Trinajstić information content (AvgIpc) is 3.53. The third kappa shape index (κ3) is 5.44. The molecule has 2 aliphatic heterocycles. The summed E-state index contributed by atoms with van der Waals surface area (Å²) >= 11 is -2.59. The first-order valence-corrected chi connectivity index (χ1v) is 14.5. The molecule has 2 atom stereocenters. The number of carbonyl (C=O) groups is 2. The number of benzene rings is 4. The van der Waals surface area contributed by atoms with Gasteiger partial charge in [0.25, 0.3) is 17.2 Å². The zero-order chi connectivity index (χ0) is 28.3. The number of hydrogen-bond acceptors (Lipinski definition) is 6. The molecule has 3 N–H and O–H groups in total. The van der Waals surface area contributed by atoms with Crippen LogP contribution in [0, 0.1) is 0 Å². The van der Waals surface area contributed by atoms with Gasteiger partial charge < -0.3 is 15.5 Å². The molecule has 0 spiro atoms. The van der Waals surface area contributed by atoms with E-state index >= 15 is 0 Å². The van der Waals surface area contributed by atoms with Crippen molar-refractivity contribution in [1.29, 1.82) is 0 Å². The van der Waals surface area contributed by atoms with Gasteiger partial charge in [-0.15, -0.1) is 0 Å². The highest BCUT2D eigenvalue weighted by molar-refractivity contribution is 7.81. The van der Waals surface area contributed by atoms with Gasteiger partial charge >= 0.3 is 0 Å². The van der Waals surface area contributed by atoms with Crippen LogP contribution in [0.4, 0.5) is 17.1 Å². The Morgan fingerprint density at radius 3 is 2.44 bits per heavy atom. The molecule has 6 rings (SSSR count). The largest absolute Gasteiger partial charge is 0.368 e. The highest BCUT2D eigenvalue weighted by Gasteiger charge is 2.42. The van der Waals surface area contributed by atoms with Crippen molar-refractivity contribution in [2.45, 2.75) is 18.9 Å². The zero-order valence-electron chi connectivity index (χ0n) is 22.2. The number of aliphatic imine (C=N–C) groups is 1. The maximum absolute atomic E-state index is 13.7. The van der Waals surface area contributed by atoms with Gasteiger partial charge in [0.1, 0.15) is 11.9 Å². The third-order valence-corrected chi connectivity index (χ3v) is 8.03.